The van der Waals surface area contributed by atoms with Gasteiger partial charge in [-0.3, -0.25) is 10.8 Å². The first-order valence-corrected chi connectivity index (χ1v) is 7.82. The largest absolute Gasteiger partial charge is 0.496 e. The van der Waals surface area contributed by atoms with Crippen molar-refractivity contribution in [2.24, 2.45) is 0 Å². The van der Waals surface area contributed by atoms with E-state index in [0.717, 1.165) is 13.1 Å². The van der Waals surface area contributed by atoms with Gasteiger partial charge in [0.15, 0.2) is 0 Å². The molecule has 1 fully saturated rings. The summed E-state index contributed by atoms with van der Waals surface area (Å²) in [5.41, 5.74) is -0.0175. The Kier molecular flexibility index (Phi) is 5.57. The molecule has 2 rings (SSSR count). The molecule has 1 aliphatic heterocycles. The van der Waals surface area contributed by atoms with Gasteiger partial charge >= 0.3 is 0 Å². The minimum Gasteiger partial charge on any atom is -0.496 e. The molecule has 0 saturated carbocycles. The first-order chi connectivity index (χ1) is 10.4. The van der Waals surface area contributed by atoms with Crippen molar-refractivity contribution in [3.05, 3.63) is 27.1 Å². The summed E-state index contributed by atoms with van der Waals surface area (Å²) in [7, 11) is 3.49. The van der Waals surface area contributed by atoms with Crippen LogP contribution in [0.25, 0.3) is 0 Å². The van der Waals surface area contributed by atoms with Crippen molar-refractivity contribution in [2.75, 3.05) is 40.3 Å². The topological polar surface area (TPSA) is 72.6 Å². The summed E-state index contributed by atoms with van der Waals surface area (Å²) in [5.74, 6) is -0.492. The minimum atomic E-state index is -0.568. The normalized spacial score (nSPS) is 15.5. The Bertz CT molecular complexity index is 588. The molecule has 2 N–H and O–H groups in total. The molecule has 1 heterocycles. The van der Waals surface area contributed by atoms with Crippen LogP contribution in [0.1, 0.15) is 5.56 Å². The zero-order valence-corrected chi connectivity index (χ0v) is 14.6. The summed E-state index contributed by atoms with van der Waals surface area (Å²) in [6.45, 7) is 2.96. The van der Waals surface area contributed by atoms with Crippen molar-refractivity contribution < 1.29 is 13.9 Å². The molecule has 1 saturated heterocycles. The SMILES string of the molecule is COc1cc(C(=N)OC(=N)N2CCN(C)CC2)c(F)cc1I. The Hall–Kier alpha value is -1.42. The monoisotopic (exact) mass is 420 g/mol. The number of ether oxygens (including phenoxy) is 2. The molecule has 0 unspecified atom stereocenters. The maximum Gasteiger partial charge on any atom is 0.291 e. The van der Waals surface area contributed by atoms with Gasteiger partial charge < -0.3 is 19.3 Å². The number of nitrogens with zero attached hydrogens (tertiary/aromatic N) is 2. The van der Waals surface area contributed by atoms with Crippen molar-refractivity contribution >= 4 is 34.5 Å². The summed E-state index contributed by atoms with van der Waals surface area (Å²) >= 11 is 1.96. The Labute approximate surface area is 142 Å². The molecule has 1 aromatic carbocycles. The highest BCUT2D eigenvalue weighted by Gasteiger charge is 2.21. The van der Waals surface area contributed by atoms with E-state index in [2.05, 4.69) is 4.90 Å². The van der Waals surface area contributed by atoms with Gasteiger partial charge in [-0.1, -0.05) is 0 Å². The Morgan fingerprint density at radius 2 is 1.86 bits per heavy atom. The van der Waals surface area contributed by atoms with Gasteiger partial charge in [-0.25, -0.2) is 4.39 Å². The van der Waals surface area contributed by atoms with E-state index in [4.69, 9.17) is 20.3 Å². The van der Waals surface area contributed by atoms with Gasteiger partial charge in [0.2, 0.25) is 5.90 Å². The van der Waals surface area contributed by atoms with Crippen molar-refractivity contribution in [2.45, 2.75) is 0 Å². The van der Waals surface area contributed by atoms with Crippen LogP contribution in [-0.4, -0.2) is 62.1 Å². The molecule has 0 atom stereocenters. The number of halogens is 2. The predicted octanol–water partition coefficient (Wildman–Crippen LogP) is 1.96. The van der Waals surface area contributed by atoms with E-state index in [1.807, 2.05) is 29.6 Å². The summed E-state index contributed by atoms with van der Waals surface area (Å²) in [5, 5.41) is 15.8. The minimum absolute atomic E-state index is 0.0175. The van der Waals surface area contributed by atoms with Crippen LogP contribution < -0.4 is 4.74 Å². The molecule has 6 nitrogen and oxygen atoms in total. The second kappa shape index (κ2) is 7.23. The number of methoxy groups -OCH3 is 1. The number of likely N-dealkylation sites (N-methyl/N-ethyl adjacent to an activating group) is 1. The van der Waals surface area contributed by atoms with Gasteiger partial charge in [0, 0.05) is 26.2 Å². The highest BCUT2D eigenvalue weighted by Crippen LogP contribution is 2.25. The number of amidine groups is 1. The van der Waals surface area contributed by atoms with Crippen LogP contribution in [0.3, 0.4) is 0 Å². The van der Waals surface area contributed by atoms with Crippen LogP contribution in [0.15, 0.2) is 12.1 Å². The highest BCUT2D eigenvalue weighted by atomic mass is 127. The van der Waals surface area contributed by atoms with E-state index in [0.29, 0.717) is 22.4 Å². The lowest BCUT2D eigenvalue weighted by Gasteiger charge is -2.33. The number of benzene rings is 1. The molecule has 1 aromatic rings. The third kappa shape index (κ3) is 3.86. The van der Waals surface area contributed by atoms with Crippen LogP contribution in [0, 0.1) is 20.2 Å². The maximum absolute atomic E-state index is 14.0. The van der Waals surface area contributed by atoms with E-state index in [-0.39, 0.29) is 11.6 Å². The third-order valence-electron chi connectivity index (χ3n) is 3.48. The van der Waals surface area contributed by atoms with E-state index in [1.165, 1.54) is 19.2 Å². The average molecular weight is 420 g/mol. The molecule has 0 aliphatic carbocycles. The fourth-order valence-electron chi connectivity index (χ4n) is 2.09. The summed E-state index contributed by atoms with van der Waals surface area (Å²) in [4.78, 5) is 3.88. The van der Waals surface area contributed by atoms with Crippen LogP contribution in [0.5, 0.6) is 5.75 Å². The predicted molar refractivity (Wildman–Crippen MR) is 90.4 cm³/mol. The second-order valence-electron chi connectivity index (χ2n) is 4.99. The molecule has 8 heteroatoms. The van der Waals surface area contributed by atoms with Crippen molar-refractivity contribution in [3.63, 3.8) is 0 Å². The Morgan fingerprint density at radius 1 is 1.23 bits per heavy atom. The standard InChI is InChI=1S/C14H18FIN4O2/c1-19-3-5-20(6-4-19)14(18)22-13(17)9-7-12(21-2)11(16)8-10(9)15/h7-8,17-18H,3-6H2,1-2H3. The summed E-state index contributed by atoms with van der Waals surface area (Å²) in [6.07, 6.45) is 0. The fraction of sp³-hybridized carbons (Fsp3) is 0.429. The quantitative estimate of drug-likeness (QED) is 0.436. The summed E-state index contributed by atoms with van der Waals surface area (Å²) < 4.78 is 24.9. The van der Waals surface area contributed by atoms with E-state index < -0.39 is 11.7 Å². The molecular weight excluding hydrogens is 402 g/mol. The maximum atomic E-state index is 14.0. The van der Waals surface area contributed by atoms with Gasteiger partial charge in [-0.05, 0) is 41.8 Å². The molecule has 0 spiro atoms. The van der Waals surface area contributed by atoms with Gasteiger partial charge in [0.25, 0.3) is 6.02 Å². The molecule has 22 heavy (non-hydrogen) atoms. The van der Waals surface area contributed by atoms with Crippen LogP contribution in [0.2, 0.25) is 0 Å². The Morgan fingerprint density at radius 3 is 2.45 bits per heavy atom. The van der Waals surface area contributed by atoms with Crippen molar-refractivity contribution in [1.82, 2.24) is 9.80 Å². The molecule has 0 radical (unpaired) electrons. The first kappa shape index (κ1) is 16.9. The number of rotatable bonds is 2. The van der Waals surface area contributed by atoms with Gasteiger partial charge in [-0.15, -0.1) is 0 Å². The van der Waals surface area contributed by atoms with E-state index in [1.54, 1.807) is 4.90 Å². The van der Waals surface area contributed by atoms with Crippen LogP contribution in [-0.2, 0) is 4.74 Å². The lowest BCUT2D eigenvalue weighted by atomic mass is 10.2. The molecule has 0 aromatic heterocycles. The number of hydrogen-bond donors (Lipinski definition) is 2. The first-order valence-electron chi connectivity index (χ1n) is 6.74. The number of piperazine rings is 1. The van der Waals surface area contributed by atoms with Crippen molar-refractivity contribution in [1.29, 1.82) is 10.8 Å². The van der Waals surface area contributed by atoms with Crippen LogP contribution >= 0.6 is 22.6 Å². The number of hydrogen-bond acceptors (Lipinski definition) is 5. The second-order valence-corrected chi connectivity index (χ2v) is 6.16. The fourth-order valence-corrected chi connectivity index (χ4v) is 2.73. The Balaban J connectivity index is 2.07. The van der Waals surface area contributed by atoms with E-state index >= 15 is 0 Å². The zero-order valence-electron chi connectivity index (χ0n) is 12.4. The highest BCUT2D eigenvalue weighted by molar-refractivity contribution is 14.1. The van der Waals surface area contributed by atoms with Crippen LogP contribution in [0.4, 0.5) is 4.39 Å². The van der Waals surface area contributed by atoms with Gasteiger partial charge in [-0.2, -0.15) is 0 Å². The summed E-state index contributed by atoms with van der Waals surface area (Å²) in [6, 6.07) is 2.57. The molecule has 1 aliphatic rings. The molecule has 0 amide bonds. The molecular formula is C14H18FIN4O2. The van der Waals surface area contributed by atoms with Crippen molar-refractivity contribution in [3.8, 4) is 5.75 Å². The van der Waals surface area contributed by atoms with Gasteiger partial charge in [0.1, 0.15) is 11.6 Å². The molecule has 0 bridgehead atoms. The zero-order chi connectivity index (χ0) is 16.3. The van der Waals surface area contributed by atoms with Gasteiger partial charge in [0.05, 0.1) is 16.2 Å². The number of nitrogens with one attached hydrogen (secondary N) is 2. The van der Waals surface area contributed by atoms with E-state index in [9.17, 15) is 4.39 Å². The molecule has 120 valence electrons. The third-order valence-corrected chi connectivity index (χ3v) is 4.32. The average Bonchev–Trinajstić information content (AvgIpc) is 2.47. The smallest absolute Gasteiger partial charge is 0.291 e. The lowest BCUT2D eigenvalue weighted by Crippen LogP contribution is -2.48. The lowest BCUT2D eigenvalue weighted by molar-refractivity contribution is 0.193.